The molecule has 17 heavy (non-hydrogen) atoms. The summed E-state index contributed by atoms with van der Waals surface area (Å²) in [6.45, 7) is 5.17. The predicted molar refractivity (Wildman–Crippen MR) is 61.2 cm³/mol. The number of likely N-dealkylation sites (tertiary alicyclic amines) is 1. The molecule has 0 amide bonds. The third-order valence-electron chi connectivity index (χ3n) is 2.76. The van der Waals surface area contributed by atoms with E-state index in [0.717, 1.165) is 25.5 Å². The van der Waals surface area contributed by atoms with Crippen LogP contribution in [0.25, 0.3) is 0 Å². The van der Waals surface area contributed by atoms with Gasteiger partial charge in [-0.05, 0) is 32.9 Å². The SMILES string of the molecule is CCOC(=O)Cc1nc(CN2CCCC2)n[nH]1. The van der Waals surface area contributed by atoms with Gasteiger partial charge in [-0.15, -0.1) is 0 Å². The van der Waals surface area contributed by atoms with Gasteiger partial charge in [-0.1, -0.05) is 0 Å². The maximum Gasteiger partial charge on any atom is 0.313 e. The molecule has 1 saturated heterocycles. The summed E-state index contributed by atoms with van der Waals surface area (Å²) in [4.78, 5) is 17.8. The van der Waals surface area contributed by atoms with Crippen LogP contribution in [-0.4, -0.2) is 45.7 Å². The Morgan fingerprint density at radius 1 is 1.47 bits per heavy atom. The summed E-state index contributed by atoms with van der Waals surface area (Å²) in [5, 5.41) is 6.89. The van der Waals surface area contributed by atoms with Gasteiger partial charge < -0.3 is 4.74 Å². The summed E-state index contributed by atoms with van der Waals surface area (Å²) in [6.07, 6.45) is 2.67. The third kappa shape index (κ3) is 3.52. The zero-order valence-corrected chi connectivity index (χ0v) is 10.1. The minimum absolute atomic E-state index is 0.167. The zero-order chi connectivity index (χ0) is 12.1. The van der Waals surface area contributed by atoms with Crippen molar-refractivity contribution in [2.75, 3.05) is 19.7 Å². The third-order valence-corrected chi connectivity index (χ3v) is 2.76. The number of carbonyl (C=O) groups is 1. The molecule has 1 aliphatic rings. The van der Waals surface area contributed by atoms with E-state index < -0.39 is 0 Å². The van der Waals surface area contributed by atoms with Crippen LogP contribution in [0.4, 0.5) is 0 Å². The van der Waals surface area contributed by atoms with E-state index >= 15 is 0 Å². The number of hydrogen-bond donors (Lipinski definition) is 1. The Bertz CT molecular complexity index is 371. The lowest BCUT2D eigenvalue weighted by atomic mass is 10.4. The maximum atomic E-state index is 11.2. The van der Waals surface area contributed by atoms with Crippen molar-refractivity contribution in [2.24, 2.45) is 0 Å². The highest BCUT2D eigenvalue weighted by atomic mass is 16.5. The second-order valence-corrected chi connectivity index (χ2v) is 4.16. The van der Waals surface area contributed by atoms with Crippen LogP contribution in [0.5, 0.6) is 0 Å². The van der Waals surface area contributed by atoms with Crippen LogP contribution in [0.3, 0.4) is 0 Å². The molecule has 1 aromatic heterocycles. The largest absolute Gasteiger partial charge is 0.466 e. The smallest absolute Gasteiger partial charge is 0.313 e. The van der Waals surface area contributed by atoms with Crippen LogP contribution in [0, 0.1) is 0 Å². The number of ether oxygens (including phenoxy) is 1. The first-order valence-corrected chi connectivity index (χ1v) is 6.06. The second kappa shape index (κ2) is 5.77. The minimum atomic E-state index is -0.267. The Morgan fingerprint density at radius 3 is 2.94 bits per heavy atom. The van der Waals surface area contributed by atoms with Crippen LogP contribution in [-0.2, 0) is 22.5 Å². The van der Waals surface area contributed by atoms with E-state index in [2.05, 4.69) is 20.1 Å². The molecule has 1 aromatic rings. The number of nitrogens with zero attached hydrogens (tertiary/aromatic N) is 3. The topological polar surface area (TPSA) is 71.1 Å². The molecule has 0 bridgehead atoms. The second-order valence-electron chi connectivity index (χ2n) is 4.16. The van der Waals surface area contributed by atoms with E-state index in [-0.39, 0.29) is 12.4 Å². The molecule has 0 aromatic carbocycles. The fourth-order valence-corrected chi connectivity index (χ4v) is 1.97. The van der Waals surface area contributed by atoms with Crippen molar-refractivity contribution in [1.29, 1.82) is 0 Å². The molecule has 6 nitrogen and oxygen atoms in total. The summed E-state index contributed by atoms with van der Waals surface area (Å²) < 4.78 is 4.85. The molecule has 2 rings (SSSR count). The van der Waals surface area contributed by atoms with Gasteiger partial charge in [-0.2, -0.15) is 5.10 Å². The molecule has 0 saturated carbocycles. The van der Waals surface area contributed by atoms with Crippen LogP contribution < -0.4 is 0 Å². The molecule has 0 atom stereocenters. The number of esters is 1. The normalized spacial score (nSPS) is 16.3. The van der Waals surface area contributed by atoms with Gasteiger partial charge in [0.2, 0.25) is 0 Å². The lowest BCUT2D eigenvalue weighted by Crippen LogP contribution is -2.19. The van der Waals surface area contributed by atoms with Crippen molar-refractivity contribution >= 4 is 5.97 Å². The number of rotatable bonds is 5. The fourth-order valence-electron chi connectivity index (χ4n) is 1.97. The average molecular weight is 238 g/mol. The molecule has 0 radical (unpaired) electrons. The van der Waals surface area contributed by atoms with Crippen molar-refractivity contribution in [3.05, 3.63) is 11.6 Å². The molecule has 94 valence electrons. The molecule has 1 aliphatic heterocycles. The van der Waals surface area contributed by atoms with E-state index in [9.17, 15) is 4.79 Å². The van der Waals surface area contributed by atoms with Crippen molar-refractivity contribution in [2.45, 2.75) is 32.7 Å². The number of H-pyrrole nitrogens is 1. The highest BCUT2D eigenvalue weighted by Gasteiger charge is 2.15. The van der Waals surface area contributed by atoms with Gasteiger partial charge in [-0.3, -0.25) is 14.8 Å². The number of hydrogen-bond acceptors (Lipinski definition) is 5. The Kier molecular flexibility index (Phi) is 4.08. The maximum absolute atomic E-state index is 11.2. The summed E-state index contributed by atoms with van der Waals surface area (Å²) >= 11 is 0. The predicted octanol–water partition coefficient (Wildman–Crippen LogP) is 0.506. The lowest BCUT2D eigenvalue weighted by Gasteiger charge is -2.10. The lowest BCUT2D eigenvalue weighted by molar-refractivity contribution is -0.142. The quantitative estimate of drug-likeness (QED) is 0.757. The number of aromatic nitrogens is 3. The Labute approximate surface area is 100 Å². The van der Waals surface area contributed by atoms with Gasteiger partial charge >= 0.3 is 5.97 Å². The molecule has 1 fully saturated rings. The highest BCUT2D eigenvalue weighted by Crippen LogP contribution is 2.10. The molecule has 0 spiro atoms. The fraction of sp³-hybridized carbons (Fsp3) is 0.727. The standard InChI is InChI=1S/C11H18N4O2/c1-2-17-11(16)7-9-12-10(14-13-9)8-15-5-3-4-6-15/h2-8H2,1H3,(H,12,13,14). The van der Waals surface area contributed by atoms with E-state index in [4.69, 9.17) is 4.74 Å². The Hall–Kier alpha value is -1.43. The molecule has 0 unspecified atom stereocenters. The van der Waals surface area contributed by atoms with Crippen LogP contribution in [0.15, 0.2) is 0 Å². The van der Waals surface area contributed by atoms with Crippen LogP contribution >= 0.6 is 0 Å². The van der Waals surface area contributed by atoms with Crippen LogP contribution in [0.2, 0.25) is 0 Å². The molecule has 1 N–H and O–H groups in total. The van der Waals surface area contributed by atoms with E-state index in [0.29, 0.717) is 12.4 Å². The molecule has 6 heteroatoms. The molecule has 2 heterocycles. The number of carbonyl (C=O) groups excluding carboxylic acids is 1. The van der Waals surface area contributed by atoms with Gasteiger partial charge in [0, 0.05) is 0 Å². The van der Waals surface area contributed by atoms with Crippen LogP contribution in [0.1, 0.15) is 31.4 Å². The van der Waals surface area contributed by atoms with Crippen molar-refractivity contribution in [3.8, 4) is 0 Å². The average Bonchev–Trinajstić information content (AvgIpc) is 2.91. The zero-order valence-electron chi connectivity index (χ0n) is 10.1. The van der Waals surface area contributed by atoms with E-state index in [1.165, 1.54) is 12.8 Å². The summed E-state index contributed by atoms with van der Waals surface area (Å²) in [5.41, 5.74) is 0. The van der Waals surface area contributed by atoms with E-state index in [1.807, 2.05) is 0 Å². The first-order chi connectivity index (χ1) is 8.28. The van der Waals surface area contributed by atoms with Gasteiger partial charge in [0.1, 0.15) is 12.2 Å². The van der Waals surface area contributed by atoms with Gasteiger partial charge in [-0.25, -0.2) is 4.98 Å². The summed E-state index contributed by atoms with van der Waals surface area (Å²) in [6, 6.07) is 0. The van der Waals surface area contributed by atoms with Crippen molar-refractivity contribution < 1.29 is 9.53 Å². The molecule has 0 aliphatic carbocycles. The van der Waals surface area contributed by atoms with Gasteiger partial charge in [0.05, 0.1) is 13.2 Å². The first-order valence-electron chi connectivity index (χ1n) is 6.06. The van der Waals surface area contributed by atoms with Crippen molar-refractivity contribution in [3.63, 3.8) is 0 Å². The summed E-state index contributed by atoms with van der Waals surface area (Å²) in [7, 11) is 0. The van der Waals surface area contributed by atoms with Gasteiger partial charge in [0.25, 0.3) is 0 Å². The highest BCUT2D eigenvalue weighted by molar-refractivity contribution is 5.71. The number of nitrogens with one attached hydrogen (secondary N) is 1. The van der Waals surface area contributed by atoms with Crippen molar-refractivity contribution in [1.82, 2.24) is 20.1 Å². The van der Waals surface area contributed by atoms with Gasteiger partial charge in [0.15, 0.2) is 5.82 Å². The number of aromatic amines is 1. The Balaban J connectivity index is 1.84. The Morgan fingerprint density at radius 2 is 2.24 bits per heavy atom. The molecular formula is C11H18N4O2. The minimum Gasteiger partial charge on any atom is -0.466 e. The first kappa shape index (κ1) is 12.0. The van der Waals surface area contributed by atoms with E-state index in [1.54, 1.807) is 6.92 Å². The monoisotopic (exact) mass is 238 g/mol. The molecular weight excluding hydrogens is 220 g/mol. The summed E-state index contributed by atoms with van der Waals surface area (Å²) in [5.74, 6) is 1.07.